The quantitative estimate of drug-likeness (QED) is 0.672. The molecule has 0 atom stereocenters. The van der Waals surface area contributed by atoms with Gasteiger partial charge in [0.25, 0.3) is 0 Å². The topological polar surface area (TPSA) is 35.6 Å². The van der Waals surface area contributed by atoms with Gasteiger partial charge in [-0.2, -0.15) is 0 Å². The Hall–Kier alpha value is -2.40. The van der Waals surface area contributed by atoms with Crippen molar-refractivity contribution < 1.29 is 4.79 Å². The highest BCUT2D eigenvalue weighted by molar-refractivity contribution is 7.80. The van der Waals surface area contributed by atoms with Gasteiger partial charge in [-0.1, -0.05) is 17.7 Å². The van der Waals surface area contributed by atoms with Crippen molar-refractivity contribution in [3.63, 3.8) is 0 Å². The molecule has 3 rings (SSSR count). The first-order chi connectivity index (χ1) is 12.0. The Morgan fingerprint density at radius 1 is 0.960 bits per heavy atom. The van der Waals surface area contributed by atoms with Gasteiger partial charge >= 0.3 is 0 Å². The summed E-state index contributed by atoms with van der Waals surface area (Å²) in [5.74, 6) is 0.101. The molecule has 0 aromatic heterocycles. The second kappa shape index (κ2) is 7.66. The Kier molecular flexibility index (Phi) is 5.34. The summed E-state index contributed by atoms with van der Waals surface area (Å²) >= 11 is 5.55. The lowest BCUT2D eigenvalue weighted by molar-refractivity contribution is 0.101. The van der Waals surface area contributed by atoms with Crippen molar-refractivity contribution in [2.24, 2.45) is 0 Å². The van der Waals surface area contributed by atoms with Crippen LogP contribution in [0.1, 0.15) is 22.8 Å². The summed E-state index contributed by atoms with van der Waals surface area (Å²) in [6, 6.07) is 16.1. The van der Waals surface area contributed by atoms with Crippen molar-refractivity contribution in [3.8, 4) is 0 Å². The van der Waals surface area contributed by atoms with E-state index < -0.39 is 0 Å². The lowest BCUT2D eigenvalue weighted by atomic mass is 10.1. The monoisotopic (exact) mass is 353 g/mol. The van der Waals surface area contributed by atoms with Gasteiger partial charge in [0.1, 0.15) is 0 Å². The highest BCUT2D eigenvalue weighted by Crippen LogP contribution is 2.18. The van der Waals surface area contributed by atoms with Crippen molar-refractivity contribution in [2.75, 3.05) is 36.4 Å². The fourth-order valence-electron chi connectivity index (χ4n) is 2.91. The number of nitrogens with one attached hydrogen (secondary N) is 1. The lowest BCUT2D eigenvalue weighted by Crippen LogP contribution is -2.50. The molecule has 0 saturated carbocycles. The Bertz CT molecular complexity index is 748. The summed E-state index contributed by atoms with van der Waals surface area (Å²) in [5.41, 5.74) is 4.17. The van der Waals surface area contributed by atoms with Crippen LogP contribution in [0.4, 0.5) is 11.4 Å². The van der Waals surface area contributed by atoms with Gasteiger partial charge in [0, 0.05) is 43.1 Å². The molecule has 2 aromatic rings. The summed E-state index contributed by atoms with van der Waals surface area (Å²) in [7, 11) is 0. The zero-order valence-corrected chi connectivity index (χ0v) is 15.5. The average Bonchev–Trinajstić information content (AvgIpc) is 2.64. The molecule has 4 nitrogen and oxygen atoms in total. The van der Waals surface area contributed by atoms with E-state index in [4.69, 9.17) is 12.2 Å². The van der Waals surface area contributed by atoms with E-state index in [0.29, 0.717) is 0 Å². The van der Waals surface area contributed by atoms with Crippen molar-refractivity contribution in [1.29, 1.82) is 0 Å². The Balaban J connectivity index is 1.55. The predicted molar refractivity (Wildman–Crippen MR) is 108 cm³/mol. The van der Waals surface area contributed by atoms with Gasteiger partial charge in [0.15, 0.2) is 10.9 Å². The first-order valence-corrected chi connectivity index (χ1v) is 8.92. The maximum Gasteiger partial charge on any atom is 0.173 e. The molecule has 1 saturated heterocycles. The number of hydrogen-bond donors (Lipinski definition) is 1. The molecule has 130 valence electrons. The number of carbonyl (C=O) groups is 1. The van der Waals surface area contributed by atoms with Crippen LogP contribution in [0.5, 0.6) is 0 Å². The number of hydrogen-bond acceptors (Lipinski definition) is 3. The molecule has 5 heteroatoms. The van der Waals surface area contributed by atoms with E-state index in [1.165, 1.54) is 5.56 Å². The van der Waals surface area contributed by atoms with Gasteiger partial charge in [-0.3, -0.25) is 4.79 Å². The maximum absolute atomic E-state index is 11.4. The molecule has 1 N–H and O–H groups in total. The summed E-state index contributed by atoms with van der Waals surface area (Å²) in [4.78, 5) is 15.9. The average molecular weight is 353 g/mol. The summed E-state index contributed by atoms with van der Waals surface area (Å²) < 4.78 is 0. The molecule has 0 radical (unpaired) electrons. The number of thiocarbonyl (C=S) groups is 1. The molecule has 0 amide bonds. The van der Waals surface area contributed by atoms with Crippen LogP contribution in [-0.4, -0.2) is 42.0 Å². The number of benzene rings is 2. The Morgan fingerprint density at radius 3 is 2.12 bits per heavy atom. The van der Waals surface area contributed by atoms with Crippen LogP contribution in [0.15, 0.2) is 48.5 Å². The molecular weight excluding hydrogens is 330 g/mol. The summed E-state index contributed by atoms with van der Waals surface area (Å²) in [6.45, 7) is 7.25. The third-order valence-electron chi connectivity index (χ3n) is 4.51. The normalized spacial score (nSPS) is 14.3. The SMILES string of the molecule is CC(=O)c1ccc(N2CCN(C(=S)Nc3ccc(C)cc3)CC2)cc1. The zero-order chi connectivity index (χ0) is 17.8. The van der Waals surface area contributed by atoms with Gasteiger partial charge in [0.2, 0.25) is 0 Å². The van der Waals surface area contributed by atoms with Gasteiger partial charge in [0.05, 0.1) is 0 Å². The summed E-state index contributed by atoms with van der Waals surface area (Å²) in [5, 5.41) is 4.09. The second-order valence-electron chi connectivity index (χ2n) is 6.37. The fraction of sp³-hybridized carbons (Fsp3) is 0.300. The van der Waals surface area contributed by atoms with Crippen LogP contribution in [0.3, 0.4) is 0 Å². The fourth-order valence-corrected chi connectivity index (χ4v) is 3.21. The number of nitrogens with zero attached hydrogens (tertiary/aromatic N) is 2. The number of Topliss-reactive ketones (excluding diaryl/α,β-unsaturated/α-hetero) is 1. The van der Waals surface area contributed by atoms with E-state index in [0.717, 1.165) is 48.2 Å². The standard InChI is InChI=1S/C20H23N3OS/c1-15-3-7-18(8-4-15)21-20(25)23-13-11-22(12-14-23)19-9-5-17(6-10-19)16(2)24/h3-10H,11-14H2,1-2H3,(H,21,25). The lowest BCUT2D eigenvalue weighted by Gasteiger charge is -2.37. The minimum absolute atomic E-state index is 0.101. The number of anilines is 2. The molecule has 1 heterocycles. The number of rotatable bonds is 3. The number of piperazine rings is 1. The van der Waals surface area contributed by atoms with Crippen molar-refractivity contribution >= 4 is 34.5 Å². The molecule has 0 bridgehead atoms. The van der Waals surface area contributed by atoms with Crippen LogP contribution in [0.25, 0.3) is 0 Å². The highest BCUT2D eigenvalue weighted by Gasteiger charge is 2.19. The number of carbonyl (C=O) groups excluding carboxylic acids is 1. The molecule has 2 aromatic carbocycles. The minimum Gasteiger partial charge on any atom is -0.368 e. The van der Waals surface area contributed by atoms with E-state index in [9.17, 15) is 4.79 Å². The molecule has 0 spiro atoms. The van der Waals surface area contributed by atoms with E-state index in [1.54, 1.807) is 6.92 Å². The largest absolute Gasteiger partial charge is 0.368 e. The predicted octanol–water partition coefficient (Wildman–Crippen LogP) is 3.72. The third kappa shape index (κ3) is 4.37. The number of ketones is 1. The van der Waals surface area contributed by atoms with E-state index in [-0.39, 0.29) is 5.78 Å². The van der Waals surface area contributed by atoms with Crippen LogP contribution in [-0.2, 0) is 0 Å². The van der Waals surface area contributed by atoms with Crippen LogP contribution in [0, 0.1) is 6.92 Å². The maximum atomic E-state index is 11.4. The van der Waals surface area contributed by atoms with Gasteiger partial charge < -0.3 is 15.1 Å². The molecule has 0 aliphatic carbocycles. The minimum atomic E-state index is 0.101. The van der Waals surface area contributed by atoms with Gasteiger partial charge in [-0.15, -0.1) is 0 Å². The summed E-state index contributed by atoms with van der Waals surface area (Å²) in [6.07, 6.45) is 0. The molecule has 1 fully saturated rings. The highest BCUT2D eigenvalue weighted by atomic mass is 32.1. The molecule has 1 aliphatic rings. The van der Waals surface area contributed by atoms with Crippen molar-refractivity contribution in [3.05, 3.63) is 59.7 Å². The smallest absolute Gasteiger partial charge is 0.173 e. The third-order valence-corrected chi connectivity index (χ3v) is 4.87. The zero-order valence-electron chi connectivity index (χ0n) is 14.7. The van der Waals surface area contributed by atoms with Gasteiger partial charge in [-0.25, -0.2) is 0 Å². The van der Waals surface area contributed by atoms with Crippen LogP contribution >= 0.6 is 12.2 Å². The van der Waals surface area contributed by atoms with Crippen molar-refractivity contribution in [1.82, 2.24) is 4.90 Å². The van der Waals surface area contributed by atoms with Gasteiger partial charge in [-0.05, 0) is 62.5 Å². The van der Waals surface area contributed by atoms with Crippen LogP contribution in [0.2, 0.25) is 0 Å². The second-order valence-corrected chi connectivity index (χ2v) is 6.76. The van der Waals surface area contributed by atoms with E-state index in [2.05, 4.69) is 46.3 Å². The molecule has 0 unspecified atom stereocenters. The first kappa shape index (κ1) is 17.4. The molecule has 1 aliphatic heterocycles. The van der Waals surface area contributed by atoms with Crippen LogP contribution < -0.4 is 10.2 Å². The Morgan fingerprint density at radius 2 is 1.56 bits per heavy atom. The number of aryl methyl sites for hydroxylation is 1. The molecular formula is C20H23N3OS. The molecule has 25 heavy (non-hydrogen) atoms. The Labute approximate surface area is 154 Å². The van der Waals surface area contributed by atoms with E-state index in [1.807, 2.05) is 24.3 Å². The van der Waals surface area contributed by atoms with E-state index >= 15 is 0 Å². The first-order valence-electron chi connectivity index (χ1n) is 8.51. The van der Waals surface area contributed by atoms with Crippen molar-refractivity contribution in [2.45, 2.75) is 13.8 Å².